The van der Waals surface area contributed by atoms with Crippen molar-refractivity contribution in [3.63, 3.8) is 0 Å². The van der Waals surface area contributed by atoms with Gasteiger partial charge >= 0.3 is 0 Å². The highest BCUT2D eigenvalue weighted by molar-refractivity contribution is 6.31. The molecule has 1 aromatic rings. The Kier molecular flexibility index (Phi) is 4.07. The van der Waals surface area contributed by atoms with Crippen molar-refractivity contribution in [1.82, 2.24) is 15.1 Å². The molecule has 0 aromatic carbocycles. The maximum Gasteiger partial charge on any atom is 0.0835 e. The Labute approximate surface area is 107 Å². The molecule has 4 nitrogen and oxygen atoms in total. The number of nitrogens with one attached hydrogen (secondary N) is 1. The average Bonchev–Trinajstić information content (AvgIpc) is 2.84. The topological polar surface area (TPSA) is 39.1 Å². The summed E-state index contributed by atoms with van der Waals surface area (Å²) >= 11 is 6.21. The monoisotopic (exact) mass is 257 g/mol. The molecule has 3 atom stereocenters. The van der Waals surface area contributed by atoms with Crippen molar-refractivity contribution >= 4 is 11.6 Å². The van der Waals surface area contributed by atoms with Crippen molar-refractivity contribution in [2.75, 3.05) is 6.54 Å². The predicted molar refractivity (Wildman–Crippen MR) is 68.2 cm³/mol. The second kappa shape index (κ2) is 5.38. The molecule has 0 saturated carbocycles. The van der Waals surface area contributed by atoms with E-state index in [1.54, 1.807) is 6.20 Å². The Hall–Kier alpha value is -0.580. The van der Waals surface area contributed by atoms with Gasteiger partial charge in [0.15, 0.2) is 0 Å². The maximum atomic E-state index is 6.21. The highest BCUT2D eigenvalue weighted by Crippen LogP contribution is 2.32. The molecular formula is C12H20ClN3O. The van der Waals surface area contributed by atoms with Gasteiger partial charge in [-0.3, -0.25) is 4.68 Å². The summed E-state index contributed by atoms with van der Waals surface area (Å²) in [7, 11) is 1.92. The molecule has 3 unspecified atom stereocenters. The number of rotatable bonds is 4. The first kappa shape index (κ1) is 12.9. The van der Waals surface area contributed by atoms with Crippen LogP contribution in [0.2, 0.25) is 5.02 Å². The van der Waals surface area contributed by atoms with Gasteiger partial charge in [0.25, 0.3) is 0 Å². The van der Waals surface area contributed by atoms with Crippen LogP contribution in [0.1, 0.15) is 38.4 Å². The Balaban J connectivity index is 2.23. The van der Waals surface area contributed by atoms with E-state index >= 15 is 0 Å². The van der Waals surface area contributed by atoms with E-state index in [9.17, 15) is 0 Å². The Morgan fingerprint density at radius 3 is 2.88 bits per heavy atom. The number of aromatic nitrogens is 2. The molecule has 1 fully saturated rings. The Morgan fingerprint density at radius 2 is 2.41 bits per heavy atom. The van der Waals surface area contributed by atoms with E-state index in [0.29, 0.717) is 11.1 Å². The highest BCUT2D eigenvalue weighted by Gasteiger charge is 2.33. The standard InChI is InChI=1S/C12H20ClN3O/c1-4-14-11(10-6-5-8(2)17-10)12-9(13)7-15-16(12)3/h7-8,10-11,14H,4-6H2,1-3H3. The lowest BCUT2D eigenvalue weighted by Gasteiger charge is -2.25. The van der Waals surface area contributed by atoms with Gasteiger partial charge in [-0.25, -0.2) is 0 Å². The van der Waals surface area contributed by atoms with Crippen LogP contribution in [0.15, 0.2) is 6.20 Å². The van der Waals surface area contributed by atoms with Gasteiger partial charge in [-0.05, 0) is 26.3 Å². The molecule has 0 bridgehead atoms. The molecule has 17 heavy (non-hydrogen) atoms. The fourth-order valence-corrected chi connectivity index (χ4v) is 2.76. The second-order valence-corrected chi connectivity index (χ2v) is 5.01. The molecule has 1 aromatic heterocycles. The lowest BCUT2D eigenvalue weighted by molar-refractivity contribution is 0.0302. The van der Waals surface area contributed by atoms with E-state index in [1.807, 2.05) is 11.7 Å². The second-order valence-electron chi connectivity index (χ2n) is 4.60. The van der Waals surface area contributed by atoms with Gasteiger partial charge in [-0.15, -0.1) is 0 Å². The molecule has 2 rings (SSSR count). The molecular weight excluding hydrogens is 238 g/mol. The summed E-state index contributed by atoms with van der Waals surface area (Å²) in [5.74, 6) is 0. The van der Waals surface area contributed by atoms with Crippen LogP contribution < -0.4 is 5.32 Å². The van der Waals surface area contributed by atoms with E-state index in [2.05, 4.69) is 24.3 Å². The van der Waals surface area contributed by atoms with Crippen LogP contribution in [0.4, 0.5) is 0 Å². The molecule has 1 aliphatic heterocycles. The number of nitrogens with zero attached hydrogens (tertiary/aromatic N) is 2. The van der Waals surface area contributed by atoms with Crippen molar-refractivity contribution in [3.8, 4) is 0 Å². The van der Waals surface area contributed by atoms with E-state index in [-0.39, 0.29) is 12.1 Å². The van der Waals surface area contributed by atoms with Crippen molar-refractivity contribution in [3.05, 3.63) is 16.9 Å². The summed E-state index contributed by atoms with van der Waals surface area (Å²) in [5.41, 5.74) is 1.02. The highest BCUT2D eigenvalue weighted by atomic mass is 35.5. The molecule has 0 radical (unpaired) electrons. The zero-order valence-corrected chi connectivity index (χ0v) is 11.4. The van der Waals surface area contributed by atoms with Gasteiger partial charge < -0.3 is 10.1 Å². The molecule has 1 N–H and O–H groups in total. The number of ether oxygens (including phenoxy) is 1. The smallest absolute Gasteiger partial charge is 0.0835 e. The maximum absolute atomic E-state index is 6.21. The van der Waals surface area contributed by atoms with Crippen LogP contribution in [-0.2, 0) is 11.8 Å². The molecule has 0 aliphatic carbocycles. The van der Waals surface area contributed by atoms with Gasteiger partial charge in [-0.1, -0.05) is 18.5 Å². The van der Waals surface area contributed by atoms with E-state index < -0.39 is 0 Å². The van der Waals surface area contributed by atoms with E-state index in [0.717, 1.165) is 25.1 Å². The van der Waals surface area contributed by atoms with Crippen LogP contribution in [0.25, 0.3) is 0 Å². The van der Waals surface area contributed by atoms with Crippen LogP contribution in [0.3, 0.4) is 0 Å². The first-order chi connectivity index (χ1) is 8.13. The van der Waals surface area contributed by atoms with Gasteiger partial charge in [0, 0.05) is 7.05 Å². The molecule has 2 heterocycles. The van der Waals surface area contributed by atoms with Gasteiger partial charge in [0.05, 0.1) is 35.2 Å². The number of likely N-dealkylation sites (N-methyl/N-ethyl adjacent to an activating group) is 1. The third kappa shape index (κ3) is 2.64. The van der Waals surface area contributed by atoms with E-state index in [4.69, 9.17) is 16.3 Å². The minimum absolute atomic E-state index is 0.130. The molecule has 1 saturated heterocycles. The first-order valence-corrected chi connectivity index (χ1v) is 6.57. The fourth-order valence-electron chi connectivity index (χ4n) is 2.47. The predicted octanol–water partition coefficient (Wildman–Crippen LogP) is 2.29. The molecule has 96 valence electrons. The third-order valence-corrected chi connectivity index (χ3v) is 3.58. The summed E-state index contributed by atoms with van der Waals surface area (Å²) in [6.45, 7) is 5.10. The number of halogens is 1. The normalized spacial score (nSPS) is 26.4. The zero-order valence-electron chi connectivity index (χ0n) is 10.6. The van der Waals surface area contributed by atoms with E-state index in [1.165, 1.54) is 0 Å². The fraction of sp³-hybridized carbons (Fsp3) is 0.750. The zero-order chi connectivity index (χ0) is 12.4. The van der Waals surface area contributed by atoms with Crippen molar-refractivity contribution in [2.24, 2.45) is 7.05 Å². The van der Waals surface area contributed by atoms with Gasteiger partial charge in [0.2, 0.25) is 0 Å². The SMILES string of the molecule is CCNC(c1c(Cl)cnn1C)C1CCC(C)O1. The largest absolute Gasteiger partial charge is 0.373 e. The van der Waals surface area contributed by atoms with Crippen molar-refractivity contribution in [2.45, 2.75) is 44.9 Å². The Bertz CT molecular complexity index is 360. The average molecular weight is 258 g/mol. The molecule has 5 heteroatoms. The molecule has 0 spiro atoms. The summed E-state index contributed by atoms with van der Waals surface area (Å²) in [4.78, 5) is 0. The third-order valence-electron chi connectivity index (χ3n) is 3.29. The summed E-state index contributed by atoms with van der Waals surface area (Å²) in [6, 6.07) is 0.130. The minimum atomic E-state index is 0.130. The van der Waals surface area contributed by atoms with Crippen LogP contribution in [0.5, 0.6) is 0 Å². The minimum Gasteiger partial charge on any atom is -0.373 e. The van der Waals surface area contributed by atoms with Gasteiger partial charge in [-0.2, -0.15) is 5.10 Å². The van der Waals surface area contributed by atoms with Crippen LogP contribution >= 0.6 is 11.6 Å². The summed E-state index contributed by atoms with van der Waals surface area (Å²) < 4.78 is 7.78. The molecule has 0 amide bonds. The number of aryl methyl sites for hydroxylation is 1. The summed E-state index contributed by atoms with van der Waals surface area (Å²) in [6.07, 6.45) is 4.41. The Morgan fingerprint density at radius 1 is 1.65 bits per heavy atom. The van der Waals surface area contributed by atoms with Gasteiger partial charge in [0.1, 0.15) is 0 Å². The molecule has 1 aliphatic rings. The lowest BCUT2D eigenvalue weighted by Crippen LogP contribution is -2.33. The van der Waals surface area contributed by atoms with Crippen LogP contribution in [0, 0.1) is 0 Å². The van der Waals surface area contributed by atoms with Crippen molar-refractivity contribution < 1.29 is 4.74 Å². The lowest BCUT2D eigenvalue weighted by atomic mass is 10.0. The summed E-state index contributed by atoms with van der Waals surface area (Å²) in [5, 5.41) is 8.37. The quantitative estimate of drug-likeness (QED) is 0.900. The number of hydrogen-bond acceptors (Lipinski definition) is 3. The van der Waals surface area contributed by atoms with Crippen LogP contribution in [-0.4, -0.2) is 28.5 Å². The number of hydrogen-bond donors (Lipinski definition) is 1. The first-order valence-electron chi connectivity index (χ1n) is 6.19. The van der Waals surface area contributed by atoms with Crippen molar-refractivity contribution in [1.29, 1.82) is 0 Å².